The number of carbonyl (C=O) groups is 2. The number of hydrogen-bond donors (Lipinski definition) is 1. The highest BCUT2D eigenvalue weighted by molar-refractivity contribution is 5.68. The van der Waals surface area contributed by atoms with E-state index in [4.69, 9.17) is 28.8 Å². The van der Waals surface area contributed by atoms with E-state index in [0.29, 0.717) is 51.5 Å². The smallest absolute Gasteiger partial charge is 0.410 e. The molecule has 3 aliphatic heterocycles. The Balaban J connectivity index is 1.56. The Morgan fingerprint density at radius 3 is 2.73 bits per heavy atom. The second kappa shape index (κ2) is 12.0. The van der Waals surface area contributed by atoms with Crippen LogP contribution in [-0.2, 0) is 19.0 Å². The highest BCUT2D eigenvalue weighted by Gasteiger charge is 2.55. The number of carbonyl (C=O) groups excluding carboxylic acids is 1. The molecule has 4 atom stereocenters. The average Bonchev–Trinajstić information content (AvgIpc) is 2.85. The van der Waals surface area contributed by atoms with E-state index in [2.05, 4.69) is 26.8 Å². The molecule has 9 nitrogen and oxygen atoms in total. The van der Waals surface area contributed by atoms with Crippen molar-refractivity contribution in [3.63, 3.8) is 0 Å². The van der Waals surface area contributed by atoms with Crippen LogP contribution in [0, 0.1) is 5.92 Å². The van der Waals surface area contributed by atoms with Gasteiger partial charge in [0.25, 0.3) is 0 Å². The van der Waals surface area contributed by atoms with Crippen LogP contribution < -0.4 is 9.47 Å². The van der Waals surface area contributed by atoms with E-state index in [9.17, 15) is 9.59 Å². The lowest BCUT2D eigenvalue weighted by atomic mass is 9.69. The first kappa shape index (κ1) is 30.2. The topological polar surface area (TPSA) is 104 Å². The molecule has 3 aliphatic rings. The van der Waals surface area contributed by atoms with Gasteiger partial charge in [0.2, 0.25) is 0 Å². The molecule has 2 saturated heterocycles. The molecular formula is C31H45NO8. The SMILES string of the molecule is CC(C)=CCC[C@]1(C)Oc2cc(OCCCC(=O)O)ccc2[C@H]2OC[C@@]3(C[C@@H]21)CN(C(=O)OC(C)(C)C)CCO3. The third-order valence-electron chi connectivity index (χ3n) is 7.80. The summed E-state index contributed by atoms with van der Waals surface area (Å²) in [5.74, 6) is 0.539. The zero-order chi connectivity index (χ0) is 29.1. The summed E-state index contributed by atoms with van der Waals surface area (Å²) in [4.78, 5) is 25.5. The molecule has 1 spiro atoms. The zero-order valence-electron chi connectivity index (χ0n) is 24.8. The largest absolute Gasteiger partial charge is 0.493 e. The van der Waals surface area contributed by atoms with Crippen molar-refractivity contribution in [2.75, 3.05) is 32.9 Å². The number of fused-ring (bicyclic) bond motifs is 3. The van der Waals surface area contributed by atoms with Gasteiger partial charge < -0.3 is 33.7 Å². The maximum Gasteiger partial charge on any atom is 0.410 e. The molecule has 0 saturated carbocycles. The van der Waals surface area contributed by atoms with Crippen molar-refractivity contribution < 1.29 is 38.4 Å². The Hall–Kier alpha value is -2.78. The van der Waals surface area contributed by atoms with Crippen LogP contribution in [0.1, 0.15) is 85.3 Å². The molecule has 40 heavy (non-hydrogen) atoms. The fraction of sp³-hybridized carbons (Fsp3) is 0.677. The van der Waals surface area contributed by atoms with Crippen molar-refractivity contribution in [1.82, 2.24) is 4.90 Å². The highest BCUT2D eigenvalue weighted by Crippen LogP contribution is 2.54. The second-order valence-corrected chi connectivity index (χ2v) is 12.8. The minimum atomic E-state index is -0.834. The Kier molecular flexibility index (Phi) is 9.05. The number of amides is 1. The molecule has 0 radical (unpaired) electrons. The molecule has 0 bridgehead atoms. The number of rotatable bonds is 8. The first-order valence-corrected chi connectivity index (χ1v) is 14.3. The molecule has 222 valence electrons. The number of benzene rings is 1. The molecule has 3 heterocycles. The van der Waals surface area contributed by atoms with Crippen LogP contribution in [0.2, 0.25) is 0 Å². The van der Waals surface area contributed by atoms with E-state index in [1.807, 2.05) is 39.0 Å². The predicted molar refractivity (Wildman–Crippen MR) is 150 cm³/mol. The van der Waals surface area contributed by atoms with Crippen molar-refractivity contribution in [3.8, 4) is 11.5 Å². The van der Waals surface area contributed by atoms with Gasteiger partial charge in [0.15, 0.2) is 0 Å². The van der Waals surface area contributed by atoms with Crippen LogP contribution in [0.25, 0.3) is 0 Å². The van der Waals surface area contributed by atoms with Crippen molar-refractivity contribution >= 4 is 12.1 Å². The molecule has 0 aliphatic carbocycles. The molecule has 4 rings (SSSR count). The van der Waals surface area contributed by atoms with Gasteiger partial charge in [-0.15, -0.1) is 0 Å². The lowest BCUT2D eigenvalue weighted by Gasteiger charge is -2.55. The van der Waals surface area contributed by atoms with Gasteiger partial charge in [-0.3, -0.25) is 4.79 Å². The lowest BCUT2D eigenvalue weighted by Crippen LogP contribution is -2.63. The number of aliphatic carboxylic acids is 1. The van der Waals surface area contributed by atoms with Gasteiger partial charge in [-0.1, -0.05) is 11.6 Å². The van der Waals surface area contributed by atoms with Crippen molar-refractivity contribution in [2.24, 2.45) is 5.92 Å². The van der Waals surface area contributed by atoms with E-state index in [1.165, 1.54) is 5.57 Å². The van der Waals surface area contributed by atoms with Crippen molar-refractivity contribution in [2.45, 2.75) is 96.6 Å². The summed E-state index contributed by atoms with van der Waals surface area (Å²) < 4.78 is 31.3. The summed E-state index contributed by atoms with van der Waals surface area (Å²) in [6.45, 7) is 13.9. The van der Waals surface area contributed by atoms with Crippen LogP contribution in [0.3, 0.4) is 0 Å². The minimum absolute atomic E-state index is 0.000216. The summed E-state index contributed by atoms with van der Waals surface area (Å²) in [7, 11) is 0. The number of ether oxygens (including phenoxy) is 5. The Labute approximate surface area is 237 Å². The number of hydrogen-bond acceptors (Lipinski definition) is 7. The van der Waals surface area contributed by atoms with Crippen molar-refractivity contribution in [1.29, 1.82) is 0 Å². The van der Waals surface area contributed by atoms with Gasteiger partial charge in [-0.05, 0) is 79.4 Å². The molecule has 0 aromatic heterocycles. The number of carboxylic acid groups (broad SMARTS) is 1. The fourth-order valence-corrected chi connectivity index (χ4v) is 5.86. The molecule has 1 N–H and O–H groups in total. The Bertz CT molecular complexity index is 1110. The number of carboxylic acids is 1. The van der Waals surface area contributed by atoms with Crippen LogP contribution in [0.4, 0.5) is 4.79 Å². The average molecular weight is 560 g/mol. The zero-order valence-corrected chi connectivity index (χ0v) is 24.8. The summed E-state index contributed by atoms with van der Waals surface area (Å²) in [5.41, 5.74) is 0.476. The molecule has 0 unspecified atom stereocenters. The second-order valence-electron chi connectivity index (χ2n) is 12.8. The first-order valence-electron chi connectivity index (χ1n) is 14.3. The lowest BCUT2D eigenvalue weighted by molar-refractivity contribution is -0.231. The summed E-state index contributed by atoms with van der Waals surface area (Å²) in [6.07, 6.45) is 4.55. The highest BCUT2D eigenvalue weighted by atomic mass is 16.6. The first-order chi connectivity index (χ1) is 18.8. The molecular weight excluding hydrogens is 514 g/mol. The van der Waals surface area contributed by atoms with Crippen LogP contribution >= 0.6 is 0 Å². The van der Waals surface area contributed by atoms with Gasteiger partial charge in [0, 0.05) is 30.5 Å². The van der Waals surface area contributed by atoms with E-state index >= 15 is 0 Å². The van der Waals surface area contributed by atoms with Crippen LogP contribution in [0.5, 0.6) is 11.5 Å². The number of allylic oxidation sites excluding steroid dienone is 2. The Morgan fingerprint density at radius 2 is 2.02 bits per heavy atom. The van der Waals surface area contributed by atoms with Gasteiger partial charge in [0.1, 0.15) is 28.3 Å². The molecule has 1 amide bonds. The monoisotopic (exact) mass is 559 g/mol. The summed E-state index contributed by atoms with van der Waals surface area (Å²) in [6, 6.07) is 5.77. The van der Waals surface area contributed by atoms with Crippen LogP contribution in [0.15, 0.2) is 29.8 Å². The van der Waals surface area contributed by atoms with E-state index < -0.39 is 22.8 Å². The quantitative estimate of drug-likeness (QED) is 0.310. The molecule has 2 fully saturated rings. The van der Waals surface area contributed by atoms with Gasteiger partial charge in [-0.25, -0.2) is 4.79 Å². The van der Waals surface area contributed by atoms with E-state index in [-0.39, 0.29) is 24.5 Å². The van der Waals surface area contributed by atoms with Gasteiger partial charge in [0.05, 0.1) is 32.5 Å². The van der Waals surface area contributed by atoms with Gasteiger partial charge in [-0.2, -0.15) is 0 Å². The molecule has 1 aromatic carbocycles. The third-order valence-corrected chi connectivity index (χ3v) is 7.80. The van der Waals surface area contributed by atoms with Gasteiger partial charge >= 0.3 is 12.1 Å². The maximum absolute atomic E-state index is 12.9. The van der Waals surface area contributed by atoms with Crippen LogP contribution in [-0.4, -0.2) is 71.8 Å². The summed E-state index contributed by atoms with van der Waals surface area (Å²) in [5, 5.41) is 8.89. The maximum atomic E-state index is 12.9. The number of nitrogens with zero attached hydrogens (tertiary/aromatic N) is 1. The minimum Gasteiger partial charge on any atom is -0.493 e. The predicted octanol–water partition coefficient (Wildman–Crippen LogP) is 5.91. The van der Waals surface area contributed by atoms with E-state index in [1.54, 1.807) is 4.90 Å². The van der Waals surface area contributed by atoms with E-state index in [0.717, 1.165) is 24.2 Å². The fourth-order valence-electron chi connectivity index (χ4n) is 5.86. The normalized spacial score (nSPS) is 27.7. The van der Waals surface area contributed by atoms with Crippen molar-refractivity contribution in [3.05, 3.63) is 35.4 Å². The molecule has 1 aromatic rings. The standard InChI is InChI=1S/C31H45NO8/c1-21(2)9-7-13-30(6)24-18-31(19-32(14-16-38-31)28(35)40-29(3,4)5)20-37-27(24)23-12-11-22(17-25(23)39-30)36-15-8-10-26(33)34/h9,11-12,17,24,27H,7-8,10,13-16,18-20H2,1-6H3,(H,33,34)/t24-,27+,30-,31+/m0/s1. The molecule has 9 heteroatoms. The summed E-state index contributed by atoms with van der Waals surface area (Å²) >= 11 is 0. The third kappa shape index (κ3) is 7.29. The number of morpholine rings is 1. The Morgan fingerprint density at radius 1 is 1.25 bits per heavy atom.